The van der Waals surface area contributed by atoms with Gasteiger partial charge in [-0.05, 0) is 61.6 Å². The predicted octanol–water partition coefficient (Wildman–Crippen LogP) is 2.31. The van der Waals surface area contributed by atoms with Crippen molar-refractivity contribution < 1.29 is 13.2 Å². The number of nitrogens with one attached hydrogen (secondary N) is 2. The highest BCUT2D eigenvalue weighted by Gasteiger charge is 2.31. The van der Waals surface area contributed by atoms with E-state index in [1.807, 2.05) is 18.2 Å². The standard InChI is InChI=1S/C20H22N4O3S.ClH/c1-12(22-19-16-6-2-3-8-18(16)28(26,27)24-19)20(25)23-17-7-4-5-13-11-14(21)9-10-15(13)17;/h2-3,6,8-12,17H,4-5,7,21H2,1H3,(H,22,24)(H,23,25);1H. The molecule has 9 heteroatoms. The molecule has 1 aliphatic heterocycles. The van der Waals surface area contributed by atoms with Crippen LogP contribution in [0, 0.1) is 0 Å². The van der Waals surface area contributed by atoms with Crippen LogP contribution in [0.2, 0.25) is 0 Å². The lowest BCUT2D eigenvalue weighted by Gasteiger charge is -2.27. The lowest BCUT2D eigenvalue weighted by molar-refractivity contribution is -0.122. The molecule has 2 atom stereocenters. The van der Waals surface area contributed by atoms with E-state index in [-0.39, 0.29) is 35.1 Å². The van der Waals surface area contributed by atoms with Crippen LogP contribution in [0.5, 0.6) is 0 Å². The van der Waals surface area contributed by atoms with Crippen LogP contribution >= 0.6 is 12.4 Å². The number of nitrogen functional groups attached to an aromatic ring is 1. The third-order valence-electron chi connectivity index (χ3n) is 5.16. The molecule has 0 bridgehead atoms. The maximum absolute atomic E-state index is 12.7. The second kappa shape index (κ2) is 8.04. The van der Waals surface area contributed by atoms with Gasteiger partial charge in [0.05, 0.1) is 10.9 Å². The Bertz CT molecular complexity index is 1080. The maximum Gasteiger partial charge on any atom is 0.263 e. The minimum absolute atomic E-state index is 0. The van der Waals surface area contributed by atoms with Gasteiger partial charge in [-0.15, -0.1) is 12.4 Å². The summed E-state index contributed by atoms with van der Waals surface area (Å²) in [7, 11) is -3.62. The van der Waals surface area contributed by atoms with Crippen LogP contribution in [0.25, 0.3) is 0 Å². The number of aryl methyl sites for hydroxylation is 1. The summed E-state index contributed by atoms with van der Waals surface area (Å²) in [5, 5.41) is 3.05. The van der Waals surface area contributed by atoms with Gasteiger partial charge in [-0.25, -0.2) is 8.42 Å². The van der Waals surface area contributed by atoms with Crippen molar-refractivity contribution in [3.63, 3.8) is 0 Å². The molecule has 2 aromatic carbocycles. The van der Waals surface area contributed by atoms with Gasteiger partial charge >= 0.3 is 0 Å². The summed E-state index contributed by atoms with van der Waals surface area (Å²) in [6, 6.07) is 11.5. The maximum atomic E-state index is 12.7. The Kier molecular flexibility index (Phi) is 5.86. The molecule has 0 saturated heterocycles. The summed E-state index contributed by atoms with van der Waals surface area (Å²) in [4.78, 5) is 17.3. The van der Waals surface area contributed by atoms with E-state index >= 15 is 0 Å². The number of aliphatic imine (C=N–C) groups is 1. The Morgan fingerprint density at radius 3 is 2.83 bits per heavy atom. The topological polar surface area (TPSA) is 114 Å². The van der Waals surface area contributed by atoms with E-state index in [0.717, 1.165) is 36.1 Å². The molecule has 0 aromatic heterocycles. The van der Waals surface area contributed by atoms with E-state index in [4.69, 9.17) is 5.73 Å². The number of carbonyl (C=O) groups is 1. The smallest absolute Gasteiger partial charge is 0.263 e. The molecule has 2 unspecified atom stereocenters. The van der Waals surface area contributed by atoms with Crippen molar-refractivity contribution in [2.45, 2.75) is 43.2 Å². The molecule has 0 spiro atoms. The van der Waals surface area contributed by atoms with E-state index in [1.54, 1.807) is 25.1 Å². The van der Waals surface area contributed by atoms with Crippen molar-refractivity contribution in [2.24, 2.45) is 4.99 Å². The van der Waals surface area contributed by atoms with Gasteiger partial charge < -0.3 is 11.1 Å². The third kappa shape index (κ3) is 4.09. The minimum Gasteiger partial charge on any atom is -0.399 e. The average Bonchev–Trinajstić information content (AvgIpc) is 2.92. The van der Waals surface area contributed by atoms with E-state index in [0.29, 0.717) is 5.56 Å². The zero-order valence-electron chi connectivity index (χ0n) is 15.9. The third-order valence-corrected chi connectivity index (χ3v) is 6.56. The van der Waals surface area contributed by atoms with Gasteiger partial charge in [0.15, 0.2) is 0 Å². The number of fused-ring (bicyclic) bond motifs is 2. The van der Waals surface area contributed by atoms with Crippen molar-refractivity contribution >= 4 is 39.9 Å². The summed E-state index contributed by atoms with van der Waals surface area (Å²) in [5.41, 5.74) is 9.32. The molecule has 4 N–H and O–H groups in total. The number of nitrogens with zero attached hydrogens (tertiary/aromatic N) is 1. The first-order chi connectivity index (χ1) is 13.3. The van der Waals surface area contributed by atoms with Crippen molar-refractivity contribution in [1.82, 2.24) is 10.0 Å². The summed E-state index contributed by atoms with van der Waals surface area (Å²) < 4.78 is 26.8. The highest BCUT2D eigenvalue weighted by Crippen LogP contribution is 2.31. The number of sulfonamides is 1. The fraction of sp³-hybridized carbons (Fsp3) is 0.300. The molecular formula is C20H23ClN4O3S. The number of hydrogen-bond donors (Lipinski definition) is 3. The van der Waals surface area contributed by atoms with Crippen LogP contribution in [0.4, 0.5) is 5.69 Å². The summed E-state index contributed by atoms with van der Waals surface area (Å²) in [6.45, 7) is 1.66. The fourth-order valence-corrected chi connectivity index (χ4v) is 5.00. The Hall–Kier alpha value is -2.58. The lowest BCUT2D eigenvalue weighted by atomic mass is 9.87. The zero-order valence-corrected chi connectivity index (χ0v) is 17.5. The monoisotopic (exact) mass is 434 g/mol. The van der Waals surface area contributed by atoms with Crippen molar-refractivity contribution in [1.29, 1.82) is 0 Å². The van der Waals surface area contributed by atoms with Crippen molar-refractivity contribution in [2.75, 3.05) is 5.73 Å². The van der Waals surface area contributed by atoms with Crippen molar-refractivity contribution in [3.05, 3.63) is 59.2 Å². The van der Waals surface area contributed by atoms with E-state index in [1.165, 1.54) is 6.07 Å². The summed E-state index contributed by atoms with van der Waals surface area (Å²) >= 11 is 0. The second-order valence-corrected chi connectivity index (χ2v) is 8.82. The van der Waals surface area contributed by atoms with Gasteiger partial charge in [-0.1, -0.05) is 18.2 Å². The molecular weight excluding hydrogens is 412 g/mol. The number of nitrogens with two attached hydrogens (primary N) is 1. The predicted molar refractivity (Wildman–Crippen MR) is 115 cm³/mol. The second-order valence-electron chi connectivity index (χ2n) is 7.17. The lowest BCUT2D eigenvalue weighted by Crippen LogP contribution is -2.37. The zero-order chi connectivity index (χ0) is 19.9. The first kappa shape index (κ1) is 21.1. The van der Waals surface area contributed by atoms with Gasteiger partial charge in [-0.3, -0.25) is 14.5 Å². The van der Waals surface area contributed by atoms with Gasteiger partial charge in [0.1, 0.15) is 11.9 Å². The van der Waals surface area contributed by atoms with E-state index in [9.17, 15) is 13.2 Å². The molecule has 0 radical (unpaired) electrons. The Morgan fingerprint density at radius 2 is 2.03 bits per heavy atom. The molecule has 29 heavy (non-hydrogen) atoms. The molecule has 0 saturated carbocycles. The van der Waals surface area contributed by atoms with Crippen LogP contribution in [-0.2, 0) is 21.2 Å². The number of amides is 1. The van der Waals surface area contributed by atoms with E-state index < -0.39 is 16.1 Å². The summed E-state index contributed by atoms with van der Waals surface area (Å²) in [5.74, 6) is -0.0409. The number of carbonyl (C=O) groups excluding carboxylic acids is 1. The number of hydrogen-bond acceptors (Lipinski definition) is 5. The van der Waals surface area contributed by atoms with Crippen LogP contribution in [0.1, 0.15) is 42.5 Å². The first-order valence-corrected chi connectivity index (χ1v) is 10.7. The largest absolute Gasteiger partial charge is 0.399 e. The molecule has 0 fully saturated rings. The molecule has 2 aromatic rings. The number of amidine groups is 1. The number of benzene rings is 2. The number of rotatable bonds is 3. The van der Waals surface area contributed by atoms with E-state index in [2.05, 4.69) is 15.0 Å². The number of anilines is 1. The SMILES string of the molecule is CC(N=C1NS(=O)(=O)c2ccccc21)C(=O)NC1CCCc2cc(N)ccc21.Cl. The van der Waals surface area contributed by atoms with Gasteiger partial charge in [-0.2, -0.15) is 0 Å². The average molecular weight is 435 g/mol. The number of halogens is 1. The van der Waals surface area contributed by atoms with Gasteiger partial charge in [0.25, 0.3) is 10.0 Å². The Morgan fingerprint density at radius 1 is 1.28 bits per heavy atom. The van der Waals surface area contributed by atoms with Crippen LogP contribution in [-0.4, -0.2) is 26.2 Å². The van der Waals surface area contributed by atoms with Gasteiger partial charge in [0.2, 0.25) is 5.91 Å². The van der Waals surface area contributed by atoms with Crippen molar-refractivity contribution in [3.8, 4) is 0 Å². The molecule has 4 rings (SSSR count). The van der Waals surface area contributed by atoms with Crippen LogP contribution in [0.15, 0.2) is 52.4 Å². The molecule has 1 aliphatic carbocycles. The summed E-state index contributed by atoms with van der Waals surface area (Å²) in [6.07, 6.45) is 2.77. The van der Waals surface area contributed by atoms with Crippen LogP contribution in [0.3, 0.4) is 0 Å². The molecule has 1 heterocycles. The highest BCUT2D eigenvalue weighted by molar-refractivity contribution is 7.90. The first-order valence-electron chi connectivity index (χ1n) is 9.24. The molecule has 2 aliphatic rings. The minimum atomic E-state index is -3.62. The molecule has 1 amide bonds. The molecule has 154 valence electrons. The fourth-order valence-electron chi connectivity index (χ4n) is 3.76. The Balaban J connectivity index is 0.00000240. The molecule has 7 nitrogen and oxygen atoms in total. The van der Waals surface area contributed by atoms with Crippen LogP contribution < -0.4 is 15.8 Å². The normalized spacial score (nSPS) is 21.3. The highest BCUT2D eigenvalue weighted by atomic mass is 35.5. The van der Waals surface area contributed by atoms with Gasteiger partial charge in [0, 0.05) is 11.3 Å². The quantitative estimate of drug-likeness (QED) is 0.643. The Labute approximate surface area is 176 Å².